The summed E-state index contributed by atoms with van der Waals surface area (Å²) in [5.74, 6) is 0.730. The number of hydrogen-bond donors (Lipinski definition) is 2. The molecule has 2 N–H and O–H groups in total. The van der Waals surface area contributed by atoms with E-state index in [1.165, 1.54) is 43.4 Å². The van der Waals surface area contributed by atoms with E-state index in [-0.39, 0.29) is 0 Å². The molecule has 2 unspecified atom stereocenters. The first-order valence-corrected chi connectivity index (χ1v) is 8.20. The highest BCUT2D eigenvalue weighted by atomic mass is 15.0. The normalized spacial score (nSPS) is 21.1. The molecule has 1 aliphatic rings. The zero-order valence-corrected chi connectivity index (χ0v) is 13.3. The zero-order valence-electron chi connectivity index (χ0n) is 13.3. The molecule has 1 fully saturated rings. The summed E-state index contributed by atoms with van der Waals surface area (Å²) in [5, 5.41) is 7.26. The highest BCUT2D eigenvalue weighted by Gasteiger charge is 2.13. The van der Waals surface area contributed by atoms with Crippen molar-refractivity contribution in [3.63, 3.8) is 0 Å². The van der Waals surface area contributed by atoms with E-state index in [0.29, 0.717) is 12.1 Å². The summed E-state index contributed by atoms with van der Waals surface area (Å²) in [4.78, 5) is 0. The quantitative estimate of drug-likeness (QED) is 0.827. The fourth-order valence-electron chi connectivity index (χ4n) is 2.95. The minimum Gasteiger partial charge on any atom is -0.313 e. The van der Waals surface area contributed by atoms with Gasteiger partial charge in [-0.15, -0.1) is 0 Å². The molecule has 0 amide bonds. The smallest absolute Gasteiger partial charge is 0.0292 e. The predicted molar refractivity (Wildman–Crippen MR) is 87.0 cm³/mol. The molecule has 0 saturated carbocycles. The van der Waals surface area contributed by atoms with Crippen LogP contribution in [0.3, 0.4) is 0 Å². The molecule has 2 rings (SSSR count). The van der Waals surface area contributed by atoms with Gasteiger partial charge < -0.3 is 10.6 Å². The van der Waals surface area contributed by atoms with E-state index in [1.54, 1.807) is 0 Å². The maximum absolute atomic E-state index is 3.67. The first-order chi connectivity index (χ1) is 9.65. The molecular formula is C18H30N2. The molecule has 1 aliphatic heterocycles. The van der Waals surface area contributed by atoms with Gasteiger partial charge in [0.15, 0.2) is 0 Å². The molecule has 20 heavy (non-hydrogen) atoms. The van der Waals surface area contributed by atoms with Crippen LogP contribution in [0.5, 0.6) is 0 Å². The second-order valence-electron chi connectivity index (χ2n) is 6.62. The summed E-state index contributed by atoms with van der Waals surface area (Å²) in [5.41, 5.74) is 2.85. The highest BCUT2D eigenvalue weighted by molar-refractivity contribution is 5.25. The first-order valence-electron chi connectivity index (χ1n) is 8.20. The van der Waals surface area contributed by atoms with Crippen LogP contribution in [-0.2, 0) is 6.42 Å². The van der Waals surface area contributed by atoms with Crippen LogP contribution in [0.25, 0.3) is 0 Å². The zero-order chi connectivity index (χ0) is 14.4. The van der Waals surface area contributed by atoms with E-state index in [1.807, 2.05) is 0 Å². The van der Waals surface area contributed by atoms with Gasteiger partial charge in [0.05, 0.1) is 0 Å². The molecule has 1 aromatic rings. The van der Waals surface area contributed by atoms with Gasteiger partial charge >= 0.3 is 0 Å². The molecule has 0 radical (unpaired) electrons. The summed E-state index contributed by atoms with van der Waals surface area (Å²) in [6, 6.07) is 10.2. The van der Waals surface area contributed by atoms with Crippen molar-refractivity contribution < 1.29 is 0 Å². The number of benzene rings is 1. The van der Waals surface area contributed by atoms with Crippen molar-refractivity contribution in [3.8, 4) is 0 Å². The van der Waals surface area contributed by atoms with Crippen molar-refractivity contribution in [1.82, 2.24) is 10.6 Å². The number of rotatable bonds is 6. The van der Waals surface area contributed by atoms with Crippen LogP contribution in [0, 0.1) is 5.92 Å². The minimum absolute atomic E-state index is 0.437. The Morgan fingerprint density at radius 1 is 1.15 bits per heavy atom. The maximum atomic E-state index is 3.67. The van der Waals surface area contributed by atoms with Crippen molar-refractivity contribution >= 4 is 0 Å². The molecule has 0 spiro atoms. The highest BCUT2D eigenvalue weighted by Crippen LogP contribution is 2.16. The largest absolute Gasteiger partial charge is 0.313 e. The molecular weight excluding hydrogens is 244 g/mol. The van der Waals surface area contributed by atoms with E-state index in [0.717, 1.165) is 12.5 Å². The van der Waals surface area contributed by atoms with Crippen LogP contribution in [0.2, 0.25) is 0 Å². The fraction of sp³-hybridized carbons (Fsp3) is 0.667. The summed E-state index contributed by atoms with van der Waals surface area (Å²) in [7, 11) is 0. The Labute approximate surface area is 124 Å². The number of hydrogen-bond acceptors (Lipinski definition) is 2. The predicted octanol–water partition coefficient (Wildman–Crippen LogP) is 3.68. The van der Waals surface area contributed by atoms with E-state index in [4.69, 9.17) is 0 Å². The Balaban J connectivity index is 1.80. The van der Waals surface area contributed by atoms with Gasteiger partial charge in [0.1, 0.15) is 0 Å². The number of piperidine rings is 1. The molecule has 0 bridgehead atoms. The van der Waals surface area contributed by atoms with Crippen molar-refractivity contribution in [1.29, 1.82) is 0 Å². The van der Waals surface area contributed by atoms with Gasteiger partial charge in [-0.3, -0.25) is 0 Å². The van der Waals surface area contributed by atoms with Crippen LogP contribution >= 0.6 is 0 Å². The molecule has 112 valence electrons. The van der Waals surface area contributed by atoms with E-state index in [9.17, 15) is 0 Å². The van der Waals surface area contributed by atoms with Gasteiger partial charge in [-0.05, 0) is 49.8 Å². The third-order valence-electron chi connectivity index (χ3n) is 4.21. The molecule has 2 atom stereocenters. The van der Waals surface area contributed by atoms with Crippen LogP contribution in [0.1, 0.15) is 57.2 Å². The topological polar surface area (TPSA) is 24.1 Å². The summed E-state index contributed by atoms with van der Waals surface area (Å²) in [6.45, 7) is 9.07. The molecule has 2 nitrogen and oxygen atoms in total. The summed E-state index contributed by atoms with van der Waals surface area (Å²) in [6.07, 6.45) is 5.20. The Hall–Kier alpha value is -0.860. The van der Waals surface area contributed by atoms with Crippen LogP contribution in [-0.4, -0.2) is 19.1 Å². The van der Waals surface area contributed by atoms with Crippen LogP contribution < -0.4 is 10.6 Å². The Bertz CT molecular complexity index is 377. The van der Waals surface area contributed by atoms with Crippen molar-refractivity contribution in [2.24, 2.45) is 5.92 Å². The van der Waals surface area contributed by atoms with Crippen molar-refractivity contribution in [3.05, 3.63) is 35.4 Å². The van der Waals surface area contributed by atoms with Crippen LogP contribution in [0.15, 0.2) is 24.3 Å². The lowest BCUT2D eigenvalue weighted by atomic mass is 9.99. The van der Waals surface area contributed by atoms with Gasteiger partial charge in [0, 0.05) is 18.6 Å². The van der Waals surface area contributed by atoms with Crippen LogP contribution in [0.4, 0.5) is 0 Å². The van der Waals surface area contributed by atoms with Gasteiger partial charge in [0.25, 0.3) is 0 Å². The van der Waals surface area contributed by atoms with Gasteiger partial charge in [-0.2, -0.15) is 0 Å². The van der Waals surface area contributed by atoms with Gasteiger partial charge in [-0.1, -0.05) is 44.5 Å². The van der Waals surface area contributed by atoms with Crippen molar-refractivity contribution in [2.45, 2.75) is 58.5 Å². The molecule has 1 aromatic carbocycles. The average molecular weight is 274 g/mol. The summed E-state index contributed by atoms with van der Waals surface area (Å²) >= 11 is 0. The SMILES string of the molecule is CC(C)Cc1ccc(C(C)NCC2CCCCN2)cc1. The fourth-order valence-corrected chi connectivity index (χ4v) is 2.95. The van der Waals surface area contributed by atoms with E-state index in [2.05, 4.69) is 55.7 Å². The third kappa shape index (κ3) is 4.92. The first kappa shape index (κ1) is 15.5. The molecule has 2 heteroatoms. The average Bonchev–Trinajstić information content (AvgIpc) is 2.46. The monoisotopic (exact) mass is 274 g/mol. The lowest BCUT2D eigenvalue weighted by molar-refractivity contribution is 0.371. The molecule has 1 heterocycles. The molecule has 0 aliphatic carbocycles. The van der Waals surface area contributed by atoms with Gasteiger partial charge in [0.2, 0.25) is 0 Å². The van der Waals surface area contributed by atoms with Crippen molar-refractivity contribution in [2.75, 3.05) is 13.1 Å². The molecule has 1 saturated heterocycles. The Morgan fingerprint density at radius 3 is 2.50 bits per heavy atom. The lowest BCUT2D eigenvalue weighted by Crippen LogP contribution is -2.42. The molecule has 0 aromatic heterocycles. The third-order valence-corrected chi connectivity index (χ3v) is 4.21. The van der Waals surface area contributed by atoms with E-state index < -0.39 is 0 Å². The maximum Gasteiger partial charge on any atom is 0.0292 e. The Morgan fingerprint density at radius 2 is 1.90 bits per heavy atom. The van der Waals surface area contributed by atoms with E-state index >= 15 is 0 Å². The minimum atomic E-state index is 0.437. The number of nitrogens with one attached hydrogen (secondary N) is 2. The summed E-state index contributed by atoms with van der Waals surface area (Å²) < 4.78 is 0. The van der Waals surface area contributed by atoms with Gasteiger partial charge in [-0.25, -0.2) is 0 Å². The Kier molecular flexibility index (Phi) is 6.06. The second kappa shape index (κ2) is 7.80. The lowest BCUT2D eigenvalue weighted by Gasteiger charge is -2.25. The standard InChI is InChI=1S/C18H30N2/c1-14(2)12-16-7-9-17(10-8-16)15(3)20-13-18-6-4-5-11-19-18/h7-10,14-15,18-20H,4-6,11-13H2,1-3H3. The second-order valence-corrected chi connectivity index (χ2v) is 6.62.